The monoisotopic (exact) mass is 419 g/mol. The van der Waals surface area contributed by atoms with Crippen molar-refractivity contribution in [3.63, 3.8) is 0 Å². The average Bonchev–Trinajstić information content (AvgIpc) is 2.60. The molecule has 28 heavy (non-hydrogen) atoms. The molecular formula is C17H25F2N4O4S+. The van der Waals surface area contributed by atoms with Crippen molar-refractivity contribution in [2.45, 2.75) is 18.7 Å². The molecule has 1 aliphatic heterocycles. The molecule has 1 saturated heterocycles. The summed E-state index contributed by atoms with van der Waals surface area (Å²) in [5.74, 6) is -2.19. The van der Waals surface area contributed by atoms with Crippen molar-refractivity contribution in [1.82, 2.24) is 14.9 Å². The summed E-state index contributed by atoms with van der Waals surface area (Å²) in [7, 11) is -4.08. The zero-order valence-corrected chi connectivity index (χ0v) is 16.6. The number of nitrogens with one attached hydrogen (secondary N) is 3. The van der Waals surface area contributed by atoms with Crippen molar-refractivity contribution in [3.05, 3.63) is 29.8 Å². The van der Waals surface area contributed by atoms with Gasteiger partial charge in [-0.2, -0.15) is 4.31 Å². The molecule has 8 nitrogen and oxygen atoms in total. The Morgan fingerprint density at radius 1 is 1.21 bits per heavy atom. The smallest absolute Gasteiger partial charge is 0.321 e. The van der Waals surface area contributed by atoms with E-state index in [1.54, 1.807) is 0 Å². The maximum absolute atomic E-state index is 13.8. The van der Waals surface area contributed by atoms with Crippen LogP contribution >= 0.6 is 0 Å². The zero-order valence-electron chi connectivity index (χ0n) is 15.8. The summed E-state index contributed by atoms with van der Waals surface area (Å²) in [6.07, 6.45) is 0. The topological polar surface area (TPSA) is 100 Å². The maximum Gasteiger partial charge on any atom is 0.321 e. The third-order valence-electron chi connectivity index (χ3n) is 4.28. The van der Waals surface area contributed by atoms with E-state index in [-0.39, 0.29) is 25.6 Å². The van der Waals surface area contributed by atoms with E-state index in [4.69, 9.17) is 0 Å². The van der Waals surface area contributed by atoms with Gasteiger partial charge in [0.1, 0.15) is 16.5 Å². The van der Waals surface area contributed by atoms with Crippen molar-refractivity contribution >= 4 is 22.0 Å². The Hall–Kier alpha value is -2.11. The molecule has 0 bridgehead atoms. The van der Waals surface area contributed by atoms with Crippen molar-refractivity contribution in [2.75, 3.05) is 39.3 Å². The highest BCUT2D eigenvalue weighted by Crippen LogP contribution is 2.20. The zero-order chi connectivity index (χ0) is 20.9. The SMILES string of the molecule is CC(C)CNC(=O)NC(=O)C[NH+]1CCN(S(=O)(=O)c2ccc(F)cc2F)CC1. The lowest BCUT2D eigenvalue weighted by molar-refractivity contribution is -0.895. The number of nitrogens with zero attached hydrogens (tertiary/aromatic N) is 1. The van der Waals surface area contributed by atoms with Gasteiger partial charge in [-0.25, -0.2) is 22.0 Å². The first-order valence-corrected chi connectivity index (χ1v) is 10.4. The van der Waals surface area contributed by atoms with E-state index in [9.17, 15) is 26.8 Å². The number of urea groups is 1. The summed E-state index contributed by atoms with van der Waals surface area (Å²) in [5, 5.41) is 4.81. The van der Waals surface area contributed by atoms with Gasteiger partial charge >= 0.3 is 6.03 Å². The van der Waals surface area contributed by atoms with Crippen LogP contribution in [0.2, 0.25) is 0 Å². The number of carbonyl (C=O) groups excluding carboxylic acids is 2. The van der Waals surface area contributed by atoms with Crippen molar-refractivity contribution < 1.29 is 31.7 Å². The molecule has 0 unspecified atom stereocenters. The van der Waals surface area contributed by atoms with Crippen LogP contribution in [0.25, 0.3) is 0 Å². The quantitative estimate of drug-likeness (QED) is 0.570. The molecule has 1 fully saturated rings. The molecule has 11 heteroatoms. The normalized spacial score (nSPS) is 16.2. The van der Waals surface area contributed by atoms with Gasteiger partial charge in [0, 0.05) is 12.6 Å². The number of benzene rings is 1. The molecule has 0 atom stereocenters. The van der Waals surface area contributed by atoms with E-state index in [2.05, 4.69) is 10.6 Å². The molecule has 0 aromatic heterocycles. The molecule has 156 valence electrons. The third-order valence-corrected chi connectivity index (χ3v) is 6.21. The van der Waals surface area contributed by atoms with Crippen LogP contribution in [0.15, 0.2) is 23.1 Å². The molecule has 0 aliphatic carbocycles. The van der Waals surface area contributed by atoms with Crippen LogP contribution in [0, 0.1) is 17.6 Å². The van der Waals surface area contributed by atoms with Crippen LogP contribution in [-0.4, -0.2) is 63.9 Å². The summed E-state index contributed by atoms with van der Waals surface area (Å²) in [5.41, 5.74) is 0. The number of hydrogen-bond donors (Lipinski definition) is 3. The predicted octanol–water partition coefficient (Wildman–Crippen LogP) is -0.664. The van der Waals surface area contributed by atoms with Gasteiger partial charge < -0.3 is 10.2 Å². The van der Waals surface area contributed by atoms with E-state index in [1.165, 1.54) is 0 Å². The highest BCUT2D eigenvalue weighted by Gasteiger charge is 2.33. The van der Waals surface area contributed by atoms with E-state index in [0.717, 1.165) is 21.3 Å². The molecule has 1 aromatic carbocycles. The first-order valence-electron chi connectivity index (χ1n) is 8.96. The second-order valence-corrected chi connectivity index (χ2v) is 8.96. The summed E-state index contributed by atoms with van der Waals surface area (Å²) in [4.78, 5) is 23.8. The van der Waals surface area contributed by atoms with Crippen LogP contribution in [0.3, 0.4) is 0 Å². The number of sulfonamides is 1. The molecule has 1 heterocycles. The number of piperazine rings is 1. The van der Waals surface area contributed by atoms with Crippen LogP contribution in [-0.2, 0) is 14.8 Å². The van der Waals surface area contributed by atoms with Gasteiger partial charge in [0.2, 0.25) is 10.0 Å². The Bertz CT molecular complexity index is 824. The molecule has 3 amide bonds. The molecular weight excluding hydrogens is 394 g/mol. The van der Waals surface area contributed by atoms with Gasteiger partial charge in [0.25, 0.3) is 5.91 Å². The summed E-state index contributed by atoms with van der Waals surface area (Å²) < 4.78 is 53.0. The van der Waals surface area contributed by atoms with Crippen LogP contribution in [0.5, 0.6) is 0 Å². The summed E-state index contributed by atoms with van der Waals surface area (Å²) >= 11 is 0. The van der Waals surface area contributed by atoms with Crippen LogP contribution < -0.4 is 15.5 Å². The van der Waals surface area contributed by atoms with Crippen LogP contribution in [0.1, 0.15) is 13.8 Å². The second kappa shape index (κ2) is 9.39. The number of carbonyl (C=O) groups is 2. The lowest BCUT2D eigenvalue weighted by Gasteiger charge is -2.31. The van der Waals surface area contributed by atoms with Crippen molar-refractivity contribution in [2.24, 2.45) is 5.92 Å². The first kappa shape index (κ1) is 22.2. The number of hydrogen-bond acceptors (Lipinski definition) is 4. The fourth-order valence-electron chi connectivity index (χ4n) is 2.78. The summed E-state index contributed by atoms with van der Waals surface area (Å²) in [6.45, 7) is 5.14. The van der Waals surface area contributed by atoms with Gasteiger partial charge in [0.15, 0.2) is 6.54 Å². The lowest BCUT2D eigenvalue weighted by Crippen LogP contribution is -3.15. The molecule has 3 N–H and O–H groups in total. The Kier molecular flexibility index (Phi) is 7.44. The number of amides is 3. The van der Waals surface area contributed by atoms with Gasteiger partial charge in [-0.3, -0.25) is 10.1 Å². The molecule has 0 spiro atoms. The predicted molar refractivity (Wildman–Crippen MR) is 97.1 cm³/mol. The molecule has 2 rings (SSSR count). The molecule has 1 aromatic rings. The average molecular weight is 419 g/mol. The number of imide groups is 1. The molecule has 1 aliphatic rings. The number of halogens is 2. The Morgan fingerprint density at radius 2 is 1.86 bits per heavy atom. The highest BCUT2D eigenvalue weighted by molar-refractivity contribution is 7.89. The number of quaternary nitrogens is 1. The fourth-order valence-corrected chi connectivity index (χ4v) is 4.27. The summed E-state index contributed by atoms with van der Waals surface area (Å²) in [6, 6.07) is 1.77. The standard InChI is InChI=1S/C17H24F2N4O4S/c1-12(2)10-20-17(25)21-16(24)11-22-5-7-23(8-6-22)28(26,27)15-4-3-13(18)9-14(15)19/h3-4,9,12H,5-8,10-11H2,1-2H3,(H2,20,21,24,25)/p+1. The van der Waals surface area contributed by atoms with Gasteiger partial charge in [-0.05, 0) is 18.1 Å². The largest absolute Gasteiger partial charge is 0.338 e. The van der Waals surface area contributed by atoms with E-state index >= 15 is 0 Å². The molecule has 0 radical (unpaired) electrons. The Labute approximate surface area is 162 Å². The fraction of sp³-hybridized carbons (Fsp3) is 0.529. The minimum atomic E-state index is -4.08. The van der Waals surface area contributed by atoms with Crippen LogP contribution in [0.4, 0.5) is 13.6 Å². The number of rotatable bonds is 6. The van der Waals surface area contributed by atoms with Crippen molar-refractivity contribution in [1.29, 1.82) is 0 Å². The van der Waals surface area contributed by atoms with Gasteiger partial charge in [-0.1, -0.05) is 13.8 Å². The lowest BCUT2D eigenvalue weighted by atomic mass is 10.2. The first-order chi connectivity index (χ1) is 13.1. The highest BCUT2D eigenvalue weighted by atomic mass is 32.2. The minimum absolute atomic E-state index is 0.0217. The maximum atomic E-state index is 13.8. The van der Waals surface area contributed by atoms with Gasteiger partial charge in [-0.15, -0.1) is 0 Å². The van der Waals surface area contributed by atoms with Gasteiger partial charge in [0.05, 0.1) is 26.2 Å². The Morgan fingerprint density at radius 3 is 2.43 bits per heavy atom. The second-order valence-electron chi connectivity index (χ2n) is 7.06. The Balaban J connectivity index is 1.86. The minimum Gasteiger partial charge on any atom is -0.338 e. The third kappa shape index (κ3) is 5.94. The van der Waals surface area contributed by atoms with E-state index in [1.807, 2.05) is 13.8 Å². The van der Waals surface area contributed by atoms with Crippen molar-refractivity contribution in [3.8, 4) is 0 Å². The molecule has 0 saturated carbocycles. The van der Waals surface area contributed by atoms with E-state index in [0.29, 0.717) is 25.7 Å². The van der Waals surface area contributed by atoms with E-state index < -0.39 is 38.5 Å².